The predicted molar refractivity (Wildman–Crippen MR) is 162 cm³/mol. The van der Waals surface area contributed by atoms with Gasteiger partial charge in [-0.2, -0.15) is 0 Å². The fourth-order valence-electron chi connectivity index (χ4n) is 6.66. The average Bonchev–Trinajstić information content (AvgIpc) is 3.46. The summed E-state index contributed by atoms with van der Waals surface area (Å²) in [6.45, 7) is 4.69. The Labute approximate surface area is 222 Å². The summed E-state index contributed by atoms with van der Waals surface area (Å²) in [6, 6.07) is 44.6. The second-order valence-electron chi connectivity index (χ2n) is 11.1. The van der Waals surface area contributed by atoms with Gasteiger partial charge in [0.1, 0.15) is 0 Å². The van der Waals surface area contributed by atoms with Crippen LogP contribution in [0, 0.1) is 0 Å². The standard InChI is InChI=1S/C37H27N/c1-37(2)33-16-6-5-13-29(33)30-19-18-25(22-34(30)37)24-10-7-11-26(21-24)28-14-8-15-31-32-20-17-23-9-3-4-12-27(23)35(32)38-36(28)31/h3-22,38H,1-2H3. The molecule has 0 amide bonds. The quantitative estimate of drug-likeness (QED) is 0.251. The molecule has 0 spiro atoms. The molecule has 1 aliphatic rings. The number of para-hydroxylation sites is 1. The van der Waals surface area contributed by atoms with Crippen molar-refractivity contribution in [1.29, 1.82) is 0 Å². The molecule has 0 aliphatic heterocycles. The van der Waals surface area contributed by atoms with E-state index in [-0.39, 0.29) is 5.41 Å². The topological polar surface area (TPSA) is 15.8 Å². The van der Waals surface area contributed by atoms with Crippen LogP contribution in [0.4, 0.5) is 0 Å². The number of hydrogen-bond donors (Lipinski definition) is 1. The summed E-state index contributed by atoms with van der Waals surface area (Å²) in [6.07, 6.45) is 0. The molecule has 1 N–H and O–H groups in total. The van der Waals surface area contributed by atoms with Gasteiger partial charge < -0.3 is 4.98 Å². The molecule has 0 saturated heterocycles. The molecule has 1 aliphatic carbocycles. The van der Waals surface area contributed by atoms with Gasteiger partial charge in [0.15, 0.2) is 0 Å². The van der Waals surface area contributed by atoms with Crippen LogP contribution >= 0.6 is 0 Å². The monoisotopic (exact) mass is 485 g/mol. The molecule has 1 heterocycles. The van der Waals surface area contributed by atoms with Gasteiger partial charge in [0.05, 0.1) is 11.0 Å². The summed E-state index contributed by atoms with van der Waals surface area (Å²) in [4.78, 5) is 3.80. The zero-order valence-corrected chi connectivity index (χ0v) is 21.5. The maximum absolute atomic E-state index is 3.80. The van der Waals surface area contributed by atoms with Gasteiger partial charge in [0.2, 0.25) is 0 Å². The lowest BCUT2D eigenvalue weighted by molar-refractivity contribution is 0.660. The number of fused-ring (bicyclic) bond motifs is 8. The summed E-state index contributed by atoms with van der Waals surface area (Å²) in [5.74, 6) is 0. The van der Waals surface area contributed by atoms with Crippen molar-refractivity contribution in [2.24, 2.45) is 0 Å². The first kappa shape index (κ1) is 21.5. The third-order valence-corrected chi connectivity index (χ3v) is 8.62. The van der Waals surface area contributed by atoms with Crippen molar-refractivity contribution in [2.75, 3.05) is 0 Å². The third kappa shape index (κ3) is 2.93. The Morgan fingerprint density at radius 3 is 2.08 bits per heavy atom. The van der Waals surface area contributed by atoms with Crippen LogP contribution in [0.25, 0.3) is 66.0 Å². The minimum absolute atomic E-state index is 0.00172. The highest BCUT2D eigenvalue weighted by atomic mass is 14.7. The van der Waals surface area contributed by atoms with Gasteiger partial charge in [-0.05, 0) is 56.5 Å². The number of hydrogen-bond acceptors (Lipinski definition) is 0. The van der Waals surface area contributed by atoms with E-state index in [4.69, 9.17) is 0 Å². The van der Waals surface area contributed by atoms with Gasteiger partial charge in [0.25, 0.3) is 0 Å². The first-order chi connectivity index (χ1) is 18.6. The van der Waals surface area contributed by atoms with Crippen LogP contribution in [0.1, 0.15) is 25.0 Å². The number of benzene rings is 6. The van der Waals surface area contributed by atoms with E-state index >= 15 is 0 Å². The molecule has 0 atom stereocenters. The number of aromatic amines is 1. The Hall–Kier alpha value is -4.62. The SMILES string of the molecule is CC1(C)c2ccccc2-c2ccc(-c3cccc(-c4cccc5c4[nH]c4c6ccccc6ccc54)c3)cc21. The van der Waals surface area contributed by atoms with E-state index in [1.165, 1.54) is 77.1 Å². The van der Waals surface area contributed by atoms with Gasteiger partial charge in [-0.1, -0.05) is 123 Å². The second kappa shape index (κ2) is 7.69. The molecule has 0 bridgehead atoms. The molecule has 1 heteroatoms. The molecule has 0 saturated carbocycles. The minimum atomic E-state index is -0.00172. The van der Waals surface area contributed by atoms with Gasteiger partial charge >= 0.3 is 0 Å². The van der Waals surface area contributed by atoms with E-state index in [9.17, 15) is 0 Å². The summed E-state index contributed by atoms with van der Waals surface area (Å²) in [5.41, 5.74) is 12.9. The molecule has 38 heavy (non-hydrogen) atoms. The van der Waals surface area contributed by atoms with Crippen molar-refractivity contribution < 1.29 is 0 Å². The zero-order valence-electron chi connectivity index (χ0n) is 21.5. The Kier molecular flexibility index (Phi) is 4.35. The van der Waals surface area contributed by atoms with Crippen molar-refractivity contribution in [3.8, 4) is 33.4 Å². The smallest absolute Gasteiger partial charge is 0.0544 e. The fraction of sp³-hybridized carbons (Fsp3) is 0.0811. The number of H-pyrrole nitrogens is 1. The second-order valence-corrected chi connectivity index (χ2v) is 11.1. The van der Waals surface area contributed by atoms with Gasteiger partial charge in [-0.15, -0.1) is 0 Å². The van der Waals surface area contributed by atoms with Crippen LogP contribution in [0.2, 0.25) is 0 Å². The molecule has 1 nitrogen and oxygen atoms in total. The van der Waals surface area contributed by atoms with E-state index in [1.807, 2.05) is 0 Å². The molecule has 7 aromatic rings. The maximum Gasteiger partial charge on any atom is 0.0544 e. The molecular formula is C37H27N. The van der Waals surface area contributed by atoms with Crippen LogP contribution in [-0.4, -0.2) is 4.98 Å². The van der Waals surface area contributed by atoms with Crippen molar-refractivity contribution in [1.82, 2.24) is 4.98 Å². The van der Waals surface area contributed by atoms with Crippen LogP contribution in [0.15, 0.2) is 121 Å². The molecular weight excluding hydrogens is 458 g/mol. The average molecular weight is 486 g/mol. The number of aromatic nitrogens is 1. The van der Waals surface area contributed by atoms with E-state index in [2.05, 4.69) is 140 Å². The number of rotatable bonds is 2. The molecule has 1 aromatic heterocycles. The molecule has 8 rings (SSSR count). The molecule has 0 unspecified atom stereocenters. The van der Waals surface area contributed by atoms with Crippen LogP contribution < -0.4 is 0 Å². The fourth-order valence-corrected chi connectivity index (χ4v) is 6.66. The first-order valence-corrected chi connectivity index (χ1v) is 13.4. The predicted octanol–water partition coefficient (Wildman–Crippen LogP) is 10.1. The third-order valence-electron chi connectivity index (χ3n) is 8.62. The van der Waals surface area contributed by atoms with E-state index < -0.39 is 0 Å². The summed E-state index contributed by atoms with van der Waals surface area (Å²) in [7, 11) is 0. The highest BCUT2D eigenvalue weighted by molar-refractivity contribution is 6.19. The highest BCUT2D eigenvalue weighted by Gasteiger charge is 2.35. The van der Waals surface area contributed by atoms with Crippen molar-refractivity contribution in [3.05, 3.63) is 132 Å². The van der Waals surface area contributed by atoms with Crippen molar-refractivity contribution >= 4 is 32.6 Å². The minimum Gasteiger partial charge on any atom is -0.353 e. The summed E-state index contributed by atoms with van der Waals surface area (Å²) in [5, 5.41) is 5.07. The van der Waals surface area contributed by atoms with Crippen LogP contribution in [0.3, 0.4) is 0 Å². The largest absolute Gasteiger partial charge is 0.353 e. The highest BCUT2D eigenvalue weighted by Crippen LogP contribution is 2.49. The van der Waals surface area contributed by atoms with E-state index in [1.54, 1.807) is 0 Å². The molecule has 0 fully saturated rings. The van der Waals surface area contributed by atoms with Crippen molar-refractivity contribution in [2.45, 2.75) is 19.3 Å². The van der Waals surface area contributed by atoms with Crippen molar-refractivity contribution in [3.63, 3.8) is 0 Å². The normalized spacial score (nSPS) is 13.7. The Morgan fingerprint density at radius 2 is 1.13 bits per heavy atom. The molecule has 0 radical (unpaired) electrons. The first-order valence-electron chi connectivity index (χ1n) is 13.4. The van der Waals surface area contributed by atoms with Crippen LogP contribution in [-0.2, 0) is 5.41 Å². The Bertz CT molecular complexity index is 2050. The molecule has 180 valence electrons. The lowest BCUT2D eigenvalue weighted by Crippen LogP contribution is -2.14. The van der Waals surface area contributed by atoms with E-state index in [0.29, 0.717) is 0 Å². The summed E-state index contributed by atoms with van der Waals surface area (Å²) >= 11 is 0. The van der Waals surface area contributed by atoms with Gasteiger partial charge in [0, 0.05) is 27.1 Å². The lowest BCUT2D eigenvalue weighted by Gasteiger charge is -2.22. The summed E-state index contributed by atoms with van der Waals surface area (Å²) < 4.78 is 0. The molecule has 6 aromatic carbocycles. The van der Waals surface area contributed by atoms with Crippen LogP contribution in [0.5, 0.6) is 0 Å². The Morgan fingerprint density at radius 1 is 0.447 bits per heavy atom. The van der Waals surface area contributed by atoms with Gasteiger partial charge in [-0.25, -0.2) is 0 Å². The lowest BCUT2D eigenvalue weighted by atomic mass is 9.81. The maximum atomic E-state index is 3.80. The Balaban J connectivity index is 1.28. The number of nitrogens with one attached hydrogen (secondary N) is 1. The zero-order chi connectivity index (χ0) is 25.4. The van der Waals surface area contributed by atoms with Gasteiger partial charge in [-0.3, -0.25) is 0 Å². The van der Waals surface area contributed by atoms with E-state index in [0.717, 1.165) is 0 Å².